The number of hydrogen-bond donors (Lipinski definition) is 0. The Labute approximate surface area is 363 Å². The molecule has 2 atom stereocenters. The number of unbranched alkanes of at least 4 members (excludes halogenated alkanes) is 24. The van der Waals surface area contributed by atoms with Crippen molar-refractivity contribution in [3.63, 3.8) is 0 Å². The van der Waals surface area contributed by atoms with E-state index in [4.69, 9.17) is 0 Å². The molecule has 0 saturated carbocycles. The quantitative estimate of drug-likeness (QED) is 0.0337. The van der Waals surface area contributed by atoms with Gasteiger partial charge in [-0.25, -0.2) is 0 Å². The summed E-state index contributed by atoms with van der Waals surface area (Å²) in [5.41, 5.74) is 0. The van der Waals surface area contributed by atoms with Gasteiger partial charge in [-0.15, -0.1) is 0 Å². The number of quaternary nitrogens is 3. The fraction of sp³-hybridized carbons (Fsp3) is 0.925. The standard InChI is InChI=1S/C52H109N4.CH4/c1-10-13-15-17-19-21-23-25-27-29-31-33-35-37-39-41-47-55(8,49-43-45-53(4)12-3)51-52-56(9,50-44-46-54(5,6)7)48-42-40-38-36-34-32-30-28-26-24-22-20-18-16-14-11-2;/h25-28H,10-24,29-52H2,1-9H3;1H4/q+3;/b27-25-,28-26?;. The maximum absolute atomic E-state index is 2.62. The lowest BCUT2D eigenvalue weighted by Gasteiger charge is -2.41. The molecule has 342 valence electrons. The van der Waals surface area contributed by atoms with E-state index >= 15 is 0 Å². The molecule has 4 nitrogen and oxygen atoms in total. The van der Waals surface area contributed by atoms with E-state index in [9.17, 15) is 0 Å². The van der Waals surface area contributed by atoms with E-state index in [1.807, 2.05) is 0 Å². The summed E-state index contributed by atoms with van der Waals surface area (Å²) in [6.07, 6.45) is 51.5. The Kier molecular flexibility index (Phi) is 41.7. The van der Waals surface area contributed by atoms with Crippen LogP contribution >= 0.6 is 0 Å². The molecule has 0 spiro atoms. The lowest BCUT2D eigenvalue weighted by atomic mass is 10.1. The van der Waals surface area contributed by atoms with Crippen molar-refractivity contribution >= 4 is 0 Å². The van der Waals surface area contributed by atoms with Crippen LogP contribution in [-0.2, 0) is 0 Å². The molecule has 0 bridgehead atoms. The Morgan fingerprint density at radius 2 is 0.632 bits per heavy atom. The minimum absolute atomic E-state index is 0. The van der Waals surface area contributed by atoms with Gasteiger partial charge >= 0.3 is 0 Å². The fourth-order valence-electron chi connectivity index (χ4n) is 8.44. The molecule has 4 heteroatoms. The van der Waals surface area contributed by atoms with Gasteiger partial charge in [-0.1, -0.05) is 155 Å². The predicted molar refractivity (Wildman–Crippen MR) is 263 cm³/mol. The average molecular weight is 807 g/mol. The molecule has 0 N–H and O–H groups in total. The monoisotopic (exact) mass is 806 g/mol. The summed E-state index contributed by atoms with van der Waals surface area (Å²) < 4.78 is 3.64. The van der Waals surface area contributed by atoms with Gasteiger partial charge in [0.2, 0.25) is 0 Å². The first-order valence-corrected chi connectivity index (χ1v) is 25.5. The van der Waals surface area contributed by atoms with Gasteiger partial charge in [0.1, 0.15) is 13.1 Å². The van der Waals surface area contributed by atoms with Crippen molar-refractivity contribution in [2.45, 2.75) is 221 Å². The summed E-state index contributed by atoms with van der Waals surface area (Å²) in [5, 5.41) is 0. The molecule has 0 aromatic heterocycles. The van der Waals surface area contributed by atoms with E-state index in [0.717, 1.165) is 11.0 Å². The second-order valence-corrected chi connectivity index (χ2v) is 20.1. The third kappa shape index (κ3) is 41.8. The van der Waals surface area contributed by atoms with Gasteiger partial charge in [0.25, 0.3) is 0 Å². The second-order valence-electron chi connectivity index (χ2n) is 20.1. The van der Waals surface area contributed by atoms with Gasteiger partial charge in [-0.05, 0) is 90.6 Å². The van der Waals surface area contributed by atoms with E-state index < -0.39 is 0 Å². The Hall–Kier alpha value is -0.680. The van der Waals surface area contributed by atoms with Crippen LogP contribution in [0.4, 0.5) is 0 Å². The van der Waals surface area contributed by atoms with Crippen LogP contribution in [0, 0.1) is 0 Å². The molecule has 0 saturated heterocycles. The van der Waals surface area contributed by atoms with E-state index in [-0.39, 0.29) is 7.43 Å². The summed E-state index contributed by atoms with van der Waals surface area (Å²) in [6, 6.07) is 0. The number of likely N-dealkylation sites (N-methyl/N-ethyl adjacent to an activating group) is 2. The molecule has 0 fully saturated rings. The van der Waals surface area contributed by atoms with Gasteiger partial charge in [0.05, 0.1) is 68.0 Å². The van der Waals surface area contributed by atoms with Gasteiger partial charge < -0.3 is 18.3 Å². The van der Waals surface area contributed by atoms with Crippen LogP contribution in [0.5, 0.6) is 0 Å². The maximum Gasteiger partial charge on any atom is 0.128 e. The van der Waals surface area contributed by atoms with Gasteiger partial charge in [-0.3, -0.25) is 0 Å². The van der Waals surface area contributed by atoms with Crippen molar-refractivity contribution < 1.29 is 13.4 Å². The smallest absolute Gasteiger partial charge is 0.128 e. The first-order valence-electron chi connectivity index (χ1n) is 25.5. The predicted octanol–water partition coefficient (Wildman–Crippen LogP) is 15.0. The molecule has 2 unspecified atom stereocenters. The summed E-state index contributed by atoms with van der Waals surface area (Å²) in [4.78, 5) is 2.51. The van der Waals surface area contributed by atoms with Crippen molar-refractivity contribution in [1.29, 1.82) is 0 Å². The molecule has 0 aromatic carbocycles. The van der Waals surface area contributed by atoms with Crippen LogP contribution in [0.1, 0.15) is 221 Å². The summed E-state index contributed by atoms with van der Waals surface area (Å²) in [7, 11) is 14.6. The van der Waals surface area contributed by atoms with Gasteiger partial charge in [0.15, 0.2) is 0 Å². The first kappa shape index (κ1) is 58.4. The number of nitrogens with zero attached hydrogens (tertiary/aromatic N) is 4. The molecule has 0 aliphatic rings. The molecule has 0 aromatic rings. The zero-order valence-electron chi connectivity index (χ0n) is 40.7. The molecule has 0 amide bonds. The van der Waals surface area contributed by atoms with Crippen molar-refractivity contribution in [2.24, 2.45) is 0 Å². The van der Waals surface area contributed by atoms with Crippen molar-refractivity contribution in [3.8, 4) is 0 Å². The van der Waals surface area contributed by atoms with Crippen LogP contribution in [-0.4, -0.2) is 120 Å². The number of rotatable bonds is 44. The highest BCUT2D eigenvalue weighted by molar-refractivity contribution is 4.82. The third-order valence-corrected chi connectivity index (χ3v) is 12.9. The Bertz CT molecular complexity index is 861. The van der Waals surface area contributed by atoms with Crippen molar-refractivity contribution in [2.75, 3.05) is 101 Å². The van der Waals surface area contributed by atoms with E-state index in [0.29, 0.717) is 0 Å². The Morgan fingerprint density at radius 1 is 0.333 bits per heavy atom. The zero-order valence-corrected chi connectivity index (χ0v) is 40.7. The molecule has 0 aliphatic heterocycles. The van der Waals surface area contributed by atoms with Gasteiger partial charge in [0, 0.05) is 19.4 Å². The largest absolute Gasteiger partial charge is 0.331 e. The molecular weight excluding hydrogens is 693 g/mol. The molecule has 0 radical (unpaired) electrons. The van der Waals surface area contributed by atoms with Crippen molar-refractivity contribution in [1.82, 2.24) is 4.90 Å². The topological polar surface area (TPSA) is 3.24 Å². The highest BCUT2D eigenvalue weighted by Crippen LogP contribution is 2.18. The molecular formula is C53H113N4+3. The third-order valence-electron chi connectivity index (χ3n) is 12.9. The summed E-state index contributed by atoms with van der Waals surface area (Å²) in [5.74, 6) is 0. The van der Waals surface area contributed by atoms with E-state index in [1.54, 1.807) is 0 Å². The van der Waals surface area contributed by atoms with Crippen LogP contribution in [0.25, 0.3) is 0 Å². The zero-order chi connectivity index (χ0) is 41.5. The summed E-state index contributed by atoms with van der Waals surface area (Å²) in [6.45, 7) is 18.7. The lowest BCUT2D eigenvalue weighted by Crippen LogP contribution is -2.56. The van der Waals surface area contributed by atoms with Crippen LogP contribution in [0.15, 0.2) is 24.3 Å². The maximum atomic E-state index is 2.62. The lowest BCUT2D eigenvalue weighted by molar-refractivity contribution is -0.965. The SMILES string of the molecule is C.CCCCCCCCC=CCCCCCCCC[N+](C)(CCC[N+](C)(C)C)CC[N+](C)(CCCCCCCC/C=C\CCCCCCCC)CCCN(C)CC. The molecule has 57 heavy (non-hydrogen) atoms. The summed E-state index contributed by atoms with van der Waals surface area (Å²) >= 11 is 0. The number of hydrogen-bond acceptors (Lipinski definition) is 1. The van der Waals surface area contributed by atoms with Crippen LogP contribution in [0.2, 0.25) is 0 Å². The fourth-order valence-corrected chi connectivity index (χ4v) is 8.44. The van der Waals surface area contributed by atoms with E-state index in [1.165, 1.54) is 254 Å². The minimum atomic E-state index is 0. The van der Waals surface area contributed by atoms with Crippen LogP contribution < -0.4 is 0 Å². The molecule has 0 aliphatic carbocycles. The molecule has 0 heterocycles. The Balaban J connectivity index is 0. The van der Waals surface area contributed by atoms with Gasteiger partial charge in [-0.2, -0.15) is 0 Å². The normalized spacial score (nSPS) is 14.5. The highest BCUT2D eigenvalue weighted by Gasteiger charge is 2.29. The molecule has 0 rings (SSSR count). The first-order chi connectivity index (χ1) is 27.0. The van der Waals surface area contributed by atoms with Crippen molar-refractivity contribution in [3.05, 3.63) is 24.3 Å². The van der Waals surface area contributed by atoms with E-state index in [2.05, 4.69) is 92.3 Å². The highest BCUT2D eigenvalue weighted by atomic mass is 15.4. The number of allylic oxidation sites excluding steroid dienone is 4. The second kappa shape index (κ2) is 40.7. The Morgan fingerprint density at radius 3 is 0.965 bits per heavy atom. The average Bonchev–Trinajstić information content (AvgIpc) is 3.16. The van der Waals surface area contributed by atoms with Crippen LogP contribution in [0.3, 0.4) is 0 Å². The minimum Gasteiger partial charge on any atom is -0.331 e.